The predicted molar refractivity (Wildman–Crippen MR) is 129 cm³/mol. The number of piperidine rings is 1. The summed E-state index contributed by atoms with van der Waals surface area (Å²) in [4.78, 5) is 17.0. The van der Waals surface area contributed by atoms with E-state index < -0.39 is 0 Å². The van der Waals surface area contributed by atoms with Crippen molar-refractivity contribution in [3.05, 3.63) is 17.7 Å². The van der Waals surface area contributed by atoms with Gasteiger partial charge < -0.3 is 20.3 Å². The Hall–Kier alpha value is -2.56. The molecular weight excluding hydrogens is 400 g/mol. The number of methoxy groups -OCH3 is 1. The zero-order valence-electron chi connectivity index (χ0n) is 19.1. The molecule has 4 heterocycles. The number of rotatable bonds is 4. The van der Waals surface area contributed by atoms with Crippen molar-refractivity contribution in [3.63, 3.8) is 0 Å². The average Bonchev–Trinajstić information content (AvgIpc) is 3.53. The van der Waals surface area contributed by atoms with Crippen LogP contribution in [-0.2, 0) is 0 Å². The van der Waals surface area contributed by atoms with Crippen LogP contribution in [0.15, 0.2) is 12.1 Å². The average molecular weight is 435 g/mol. The van der Waals surface area contributed by atoms with Gasteiger partial charge in [0.25, 0.3) is 0 Å². The molecule has 0 amide bonds. The maximum atomic E-state index is 6.53. The van der Waals surface area contributed by atoms with E-state index in [1.165, 1.54) is 32.1 Å². The fourth-order valence-corrected chi connectivity index (χ4v) is 5.08. The number of anilines is 2. The third kappa shape index (κ3) is 4.35. The highest BCUT2D eigenvalue weighted by molar-refractivity contribution is 5.93. The Morgan fingerprint density at radius 1 is 1.00 bits per heavy atom. The molecule has 5 rings (SSSR count). The number of aromatic nitrogens is 2. The minimum atomic E-state index is -0.0146. The maximum absolute atomic E-state index is 6.53. The molecule has 7 nitrogen and oxygen atoms in total. The van der Waals surface area contributed by atoms with Gasteiger partial charge in [-0.25, -0.2) is 4.98 Å². The van der Waals surface area contributed by atoms with E-state index in [9.17, 15) is 0 Å². The summed E-state index contributed by atoms with van der Waals surface area (Å²) in [7, 11) is 1.71. The molecule has 1 atom stereocenters. The van der Waals surface area contributed by atoms with E-state index >= 15 is 0 Å². The normalized spacial score (nSPS) is 21.8. The second-order valence-electron chi connectivity index (χ2n) is 9.15. The van der Waals surface area contributed by atoms with Crippen molar-refractivity contribution in [2.75, 3.05) is 56.2 Å². The maximum Gasteiger partial charge on any atom is 0.227 e. The number of ether oxygens (including phenoxy) is 1. The van der Waals surface area contributed by atoms with Crippen molar-refractivity contribution in [1.82, 2.24) is 14.9 Å². The standard InChI is InChI=1S/C25H34N6O/c1-32-22-18-20-21(17-19(22)9-8-13-29-11-4-5-12-29)27-25(30-14-6-7-15-30)28-24(20)31-16-3-2-10-23(31)26/h17-18,23H,2-7,10-16,26H2,1H3. The topological polar surface area (TPSA) is 70.8 Å². The molecule has 2 N–H and O–H groups in total. The highest BCUT2D eigenvalue weighted by atomic mass is 16.5. The molecule has 1 aromatic carbocycles. The Balaban J connectivity index is 1.57. The number of likely N-dealkylation sites (tertiary alicyclic amines) is 1. The Labute approximate surface area is 190 Å². The Bertz CT molecular complexity index is 1020. The molecule has 0 saturated carbocycles. The second-order valence-corrected chi connectivity index (χ2v) is 9.15. The molecule has 0 bridgehead atoms. The zero-order chi connectivity index (χ0) is 21.9. The molecule has 3 aliphatic heterocycles. The molecule has 0 aliphatic carbocycles. The van der Waals surface area contributed by atoms with Crippen molar-refractivity contribution in [2.45, 2.75) is 51.1 Å². The molecule has 2 aromatic rings. The van der Waals surface area contributed by atoms with Gasteiger partial charge in [0.1, 0.15) is 11.6 Å². The van der Waals surface area contributed by atoms with Gasteiger partial charge in [0.05, 0.1) is 30.9 Å². The molecule has 1 unspecified atom stereocenters. The molecule has 0 radical (unpaired) electrons. The van der Waals surface area contributed by atoms with Crippen molar-refractivity contribution in [2.24, 2.45) is 5.73 Å². The van der Waals surface area contributed by atoms with E-state index in [4.69, 9.17) is 20.4 Å². The number of hydrogen-bond donors (Lipinski definition) is 1. The van der Waals surface area contributed by atoms with E-state index in [-0.39, 0.29) is 6.17 Å². The number of hydrogen-bond acceptors (Lipinski definition) is 7. The van der Waals surface area contributed by atoms with E-state index in [0.717, 1.165) is 86.1 Å². The SMILES string of the molecule is COc1cc2c(N3CCCCC3N)nc(N3CCCC3)nc2cc1C#CCN1CCCC1. The van der Waals surface area contributed by atoms with E-state index in [1.807, 2.05) is 0 Å². The van der Waals surface area contributed by atoms with Crippen LogP contribution in [0, 0.1) is 11.8 Å². The molecule has 1 aromatic heterocycles. The summed E-state index contributed by atoms with van der Waals surface area (Å²) in [5.41, 5.74) is 8.33. The molecule has 170 valence electrons. The summed E-state index contributed by atoms with van der Waals surface area (Å²) >= 11 is 0. The third-order valence-electron chi connectivity index (χ3n) is 6.92. The lowest BCUT2D eigenvalue weighted by Gasteiger charge is -2.35. The first-order chi connectivity index (χ1) is 15.7. The third-order valence-corrected chi connectivity index (χ3v) is 6.92. The largest absolute Gasteiger partial charge is 0.495 e. The van der Waals surface area contributed by atoms with Crippen LogP contribution >= 0.6 is 0 Å². The highest BCUT2D eigenvalue weighted by Gasteiger charge is 2.26. The lowest BCUT2D eigenvalue weighted by Crippen LogP contribution is -2.46. The van der Waals surface area contributed by atoms with Crippen LogP contribution in [-0.4, -0.2) is 67.4 Å². The molecular formula is C25H34N6O. The first kappa shape index (κ1) is 21.3. The smallest absolute Gasteiger partial charge is 0.227 e. The Morgan fingerprint density at radius 2 is 1.75 bits per heavy atom. The quantitative estimate of drug-likeness (QED) is 0.742. The van der Waals surface area contributed by atoms with Gasteiger partial charge in [-0.3, -0.25) is 4.90 Å². The fourth-order valence-electron chi connectivity index (χ4n) is 5.08. The van der Waals surface area contributed by atoms with Crippen molar-refractivity contribution in [3.8, 4) is 17.6 Å². The van der Waals surface area contributed by atoms with Crippen LogP contribution in [0.5, 0.6) is 5.75 Å². The van der Waals surface area contributed by atoms with Gasteiger partial charge in [-0.15, -0.1) is 0 Å². The highest BCUT2D eigenvalue weighted by Crippen LogP contribution is 2.34. The summed E-state index contributed by atoms with van der Waals surface area (Å²) < 4.78 is 5.74. The first-order valence-corrected chi connectivity index (χ1v) is 12.1. The van der Waals surface area contributed by atoms with Crippen molar-refractivity contribution in [1.29, 1.82) is 0 Å². The number of benzene rings is 1. The van der Waals surface area contributed by atoms with E-state index in [0.29, 0.717) is 0 Å². The lowest BCUT2D eigenvalue weighted by molar-refractivity contribution is 0.383. The van der Waals surface area contributed by atoms with Crippen molar-refractivity contribution < 1.29 is 4.74 Å². The molecule has 7 heteroatoms. The van der Waals surface area contributed by atoms with Crippen LogP contribution in [0.4, 0.5) is 11.8 Å². The minimum Gasteiger partial charge on any atom is -0.495 e. The minimum absolute atomic E-state index is 0.0146. The number of nitrogens with two attached hydrogens (primary N) is 1. The molecule has 3 saturated heterocycles. The Morgan fingerprint density at radius 3 is 2.50 bits per heavy atom. The fraction of sp³-hybridized carbons (Fsp3) is 0.600. The van der Waals surface area contributed by atoms with Crippen LogP contribution in [0.25, 0.3) is 10.9 Å². The van der Waals surface area contributed by atoms with Gasteiger partial charge in [0.2, 0.25) is 5.95 Å². The van der Waals surface area contributed by atoms with Crippen molar-refractivity contribution >= 4 is 22.7 Å². The second kappa shape index (κ2) is 9.51. The van der Waals surface area contributed by atoms with Crippen LogP contribution < -0.4 is 20.3 Å². The van der Waals surface area contributed by atoms with Crippen LogP contribution in [0.3, 0.4) is 0 Å². The van der Waals surface area contributed by atoms with E-state index in [1.54, 1.807) is 7.11 Å². The van der Waals surface area contributed by atoms with E-state index in [2.05, 4.69) is 38.7 Å². The van der Waals surface area contributed by atoms with Gasteiger partial charge >= 0.3 is 0 Å². The van der Waals surface area contributed by atoms with Gasteiger partial charge in [-0.2, -0.15) is 4.98 Å². The molecule has 32 heavy (non-hydrogen) atoms. The van der Waals surface area contributed by atoms with Gasteiger partial charge in [-0.1, -0.05) is 11.8 Å². The summed E-state index contributed by atoms with van der Waals surface area (Å²) in [6, 6.07) is 4.13. The zero-order valence-corrected chi connectivity index (χ0v) is 19.1. The van der Waals surface area contributed by atoms with Gasteiger partial charge in [-0.05, 0) is 70.2 Å². The summed E-state index contributed by atoms with van der Waals surface area (Å²) in [5.74, 6) is 9.21. The number of nitrogens with zero attached hydrogens (tertiary/aromatic N) is 5. The van der Waals surface area contributed by atoms with Gasteiger partial charge in [0.15, 0.2) is 0 Å². The number of fused-ring (bicyclic) bond motifs is 1. The first-order valence-electron chi connectivity index (χ1n) is 12.1. The lowest BCUT2D eigenvalue weighted by atomic mass is 10.1. The summed E-state index contributed by atoms with van der Waals surface area (Å²) in [6.07, 6.45) is 8.21. The Kier molecular flexibility index (Phi) is 6.33. The molecule has 3 fully saturated rings. The predicted octanol–water partition coefficient (Wildman–Crippen LogP) is 2.96. The van der Waals surface area contributed by atoms with Crippen LogP contribution in [0.1, 0.15) is 50.5 Å². The van der Waals surface area contributed by atoms with Gasteiger partial charge in [0, 0.05) is 25.0 Å². The monoisotopic (exact) mass is 434 g/mol. The van der Waals surface area contributed by atoms with Crippen LogP contribution in [0.2, 0.25) is 0 Å². The molecule has 0 spiro atoms. The summed E-state index contributed by atoms with van der Waals surface area (Å²) in [5, 5.41) is 0.993. The molecule has 3 aliphatic rings. The summed E-state index contributed by atoms with van der Waals surface area (Å²) in [6.45, 7) is 6.04.